The molecule has 0 spiro atoms. The van der Waals surface area contributed by atoms with Crippen LogP contribution in [0.15, 0.2) is 60.7 Å². The molecule has 0 radical (unpaired) electrons. The molecule has 4 nitrogen and oxygen atoms in total. The first-order chi connectivity index (χ1) is 12.2. The summed E-state index contributed by atoms with van der Waals surface area (Å²) in [6.45, 7) is -0.146. The highest BCUT2D eigenvalue weighted by atomic mass is 35.5. The third-order valence-electron chi connectivity index (χ3n) is 3.91. The van der Waals surface area contributed by atoms with Crippen molar-refractivity contribution in [1.29, 1.82) is 0 Å². The average Bonchev–Trinajstić information content (AvgIpc) is 2.63. The van der Waals surface area contributed by atoms with Crippen LogP contribution in [0.25, 0.3) is 10.9 Å². The van der Waals surface area contributed by atoms with Gasteiger partial charge in [0.2, 0.25) is 5.88 Å². The Kier molecular flexibility index (Phi) is 5.64. The number of ether oxygens (including phenoxy) is 1. The predicted octanol–water partition coefficient (Wildman–Crippen LogP) is 3.83. The van der Waals surface area contributed by atoms with Crippen molar-refractivity contribution in [3.8, 4) is 5.88 Å². The fourth-order valence-electron chi connectivity index (χ4n) is 2.60. The van der Waals surface area contributed by atoms with E-state index in [1.807, 2.05) is 48.5 Å². The minimum Gasteiger partial charge on any atom is -0.466 e. The van der Waals surface area contributed by atoms with Crippen LogP contribution < -0.4 is 4.74 Å². The molecule has 2 aromatic carbocycles. The number of benzene rings is 2. The summed E-state index contributed by atoms with van der Waals surface area (Å²) in [5.74, 6) is 0.224. The topological polar surface area (TPSA) is 59.4 Å². The Balaban J connectivity index is 1.77. The number of rotatable bonds is 7. The number of carbonyl (C=O) groups excluding carboxylic acids is 1. The summed E-state index contributed by atoms with van der Waals surface area (Å²) in [5.41, 5.74) is 1.54. The fourth-order valence-corrected chi connectivity index (χ4v) is 2.81. The van der Waals surface area contributed by atoms with E-state index in [0.717, 1.165) is 16.5 Å². The number of pyridine rings is 1. The Morgan fingerprint density at radius 2 is 1.84 bits per heavy atom. The Hall–Kier alpha value is -2.43. The molecule has 128 valence electrons. The van der Waals surface area contributed by atoms with Gasteiger partial charge in [0, 0.05) is 35.9 Å². The minimum absolute atomic E-state index is 0.142. The lowest BCUT2D eigenvalue weighted by molar-refractivity contribution is -0.125. The van der Waals surface area contributed by atoms with E-state index >= 15 is 0 Å². The fraction of sp³-hybridized carbons (Fsp3) is 0.200. The van der Waals surface area contributed by atoms with Crippen molar-refractivity contribution < 1.29 is 14.6 Å². The smallest absolute Gasteiger partial charge is 0.214 e. The number of Topliss-reactive ketones (excluding diaryl/α,β-unsaturated/α-hetero) is 1. The molecule has 0 saturated heterocycles. The second kappa shape index (κ2) is 8.10. The van der Waals surface area contributed by atoms with E-state index in [1.165, 1.54) is 0 Å². The average molecular weight is 356 g/mol. The maximum atomic E-state index is 12.6. The van der Waals surface area contributed by atoms with E-state index < -0.39 is 6.10 Å². The highest BCUT2D eigenvalue weighted by Crippen LogP contribution is 2.20. The Morgan fingerprint density at radius 3 is 2.64 bits per heavy atom. The van der Waals surface area contributed by atoms with Crippen LogP contribution in [0.2, 0.25) is 5.02 Å². The maximum absolute atomic E-state index is 12.6. The van der Waals surface area contributed by atoms with Gasteiger partial charge in [-0.25, -0.2) is 4.98 Å². The predicted molar refractivity (Wildman–Crippen MR) is 98.0 cm³/mol. The normalized spacial score (nSPS) is 12.1. The first-order valence-corrected chi connectivity index (χ1v) is 8.44. The van der Waals surface area contributed by atoms with Crippen LogP contribution in [0, 0.1) is 0 Å². The number of aromatic nitrogens is 1. The van der Waals surface area contributed by atoms with Gasteiger partial charge in [-0.15, -0.1) is 0 Å². The monoisotopic (exact) mass is 355 g/mol. The molecule has 0 amide bonds. The van der Waals surface area contributed by atoms with E-state index in [1.54, 1.807) is 12.1 Å². The van der Waals surface area contributed by atoms with Crippen LogP contribution in [0.1, 0.15) is 12.0 Å². The van der Waals surface area contributed by atoms with Gasteiger partial charge < -0.3 is 9.84 Å². The lowest BCUT2D eigenvalue weighted by atomic mass is 10.0. The highest BCUT2D eigenvalue weighted by Gasteiger charge is 2.21. The van der Waals surface area contributed by atoms with E-state index in [0.29, 0.717) is 10.9 Å². The van der Waals surface area contributed by atoms with Crippen molar-refractivity contribution in [2.45, 2.75) is 18.9 Å². The van der Waals surface area contributed by atoms with Crippen molar-refractivity contribution in [3.63, 3.8) is 0 Å². The summed E-state index contributed by atoms with van der Waals surface area (Å²) in [7, 11) is 0. The molecule has 1 unspecified atom stereocenters. The second-order valence-electron chi connectivity index (χ2n) is 5.70. The van der Waals surface area contributed by atoms with Gasteiger partial charge in [0.05, 0.1) is 5.52 Å². The van der Waals surface area contributed by atoms with E-state index in [9.17, 15) is 9.90 Å². The van der Waals surface area contributed by atoms with Crippen LogP contribution in [-0.2, 0) is 11.2 Å². The zero-order valence-corrected chi connectivity index (χ0v) is 14.3. The Morgan fingerprint density at radius 1 is 1.08 bits per heavy atom. The molecule has 0 aliphatic carbocycles. The number of hydrogen-bond donors (Lipinski definition) is 1. The van der Waals surface area contributed by atoms with Crippen LogP contribution in [0.4, 0.5) is 0 Å². The summed E-state index contributed by atoms with van der Waals surface area (Å²) >= 11 is 6.12. The van der Waals surface area contributed by atoms with Crippen LogP contribution in [0.5, 0.6) is 5.88 Å². The summed E-state index contributed by atoms with van der Waals surface area (Å²) < 4.78 is 5.77. The lowest BCUT2D eigenvalue weighted by Gasteiger charge is -2.17. The van der Waals surface area contributed by atoms with Gasteiger partial charge in [0.1, 0.15) is 0 Å². The number of ketones is 1. The number of halogens is 1. The maximum Gasteiger partial charge on any atom is 0.214 e. The number of para-hydroxylation sites is 1. The first-order valence-electron chi connectivity index (χ1n) is 8.07. The molecule has 1 heterocycles. The number of hydrogen-bond acceptors (Lipinski definition) is 4. The quantitative estimate of drug-likeness (QED) is 0.699. The molecule has 0 aliphatic rings. The summed E-state index contributed by atoms with van der Waals surface area (Å²) in [6, 6.07) is 18.5. The van der Waals surface area contributed by atoms with Crippen molar-refractivity contribution >= 4 is 28.3 Å². The largest absolute Gasteiger partial charge is 0.466 e. The number of nitrogens with zero attached hydrogens (tertiary/aromatic N) is 1. The van der Waals surface area contributed by atoms with Crippen molar-refractivity contribution in [2.24, 2.45) is 0 Å². The minimum atomic E-state index is -0.769. The van der Waals surface area contributed by atoms with Gasteiger partial charge in [-0.05, 0) is 23.8 Å². The zero-order valence-electron chi connectivity index (χ0n) is 13.6. The van der Waals surface area contributed by atoms with Gasteiger partial charge >= 0.3 is 0 Å². The Bertz CT molecular complexity index is 881. The third-order valence-corrected chi connectivity index (χ3v) is 4.28. The van der Waals surface area contributed by atoms with Gasteiger partial charge in [-0.2, -0.15) is 0 Å². The van der Waals surface area contributed by atoms with Crippen LogP contribution in [-0.4, -0.2) is 28.6 Å². The van der Waals surface area contributed by atoms with E-state index in [-0.39, 0.29) is 25.2 Å². The molecule has 0 aliphatic heterocycles. The standard InChI is InChI=1S/C20H18ClNO3/c21-16-7-3-1-6-15(16)13-18(24)19(11-12-23)25-20-10-9-14-5-2-4-8-17(14)22-20/h1-10,19,23H,11-13H2. The number of aliphatic hydroxyl groups is 1. The molecule has 3 aromatic rings. The molecular weight excluding hydrogens is 338 g/mol. The number of aliphatic hydroxyl groups excluding tert-OH is 1. The van der Waals surface area contributed by atoms with Crippen molar-refractivity contribution in [3.05, 3.63) is 71.2 Å². The third kappa shape index (κ3) is 4.35. The molecule has 25 heavy (non-hydrogen) atoms. The SMILES string of the molecule is O=C(Cc1ccccc1Cl)C(CCO)Oc1ccc2ccccc2n1. The highest BCUT2D eigenvalue weighted by molar-refractivity contribution is 6.31. The molecule has 5 heteroatoms. The van der Waals surface area contributed by atoms with Crippen LogP contribution >= 0.6 is 11.6 Å². The second-order valence-corrected chi connectivity index (χ2v) is 6.10. The molecule has 1 N–H and O–H groups in total. The Labute approximate surface area is 151 Å². The molecular formula is C20H18ClNO3. The van der Waals surface area contributed by atoms with Gasteiger partial charge in [-0.3, -0.25) is 4.79 Å². The van der Waals surface area contributed by atoms with Gasteiger partial charge in [-0.1, -0.05) is 48.0 Å². The molecule has 0 saturated carbocycles. The molecule has 3 rings (SSSR count). The molecule has 1 aromatic heterocycles. The molecule has 0 bridgehead atoms. The summed E-state index contributed by atoms with van der Waals surface area (Å²) in [4.78, 5) is 17.0. The summed E-state index contributed by atoms with van der Waals surface area (Å²) in [5, 5.41) is 10.8. The van der Waals surface area contributed by atoms with E-state index in [4.69, 9.17) is 16.3 Å². The van der Waals surface area contributed by atoms with Crippen molar-refractivity contribution in [2.75, 3.05) is 6.61 Å². The lowest BCUT2D eigenvalue weighted by Crippen LogP contribution is -2.30. The number of carbonyl (C=O) groups is 1. The molecule has 0 fully saturated rings. The zero-order chi connectivity index (χ0) is 17.6. The van der Waals surface area contributed by atoms with Gasteiger partial charge in [0.25, 0.3) is 0 Å². The van der Waals surface area contributed by atoms with Gasteiger partial charge in [0.15, 0.2) is 11.9 Å². The molecule has 1 atom stereocenters. The van der Waals surface area contributed by atoms with Crippen LogP contribution in [0.3, 0.4) is 0 Å². The number of fused-ring (bicyclic) bond motifs is 1. The van der Waals surface area contributed by atoms with Crippen molar-refractivity contribution in [1.82, 2.24) is 4.98 Å². The summed E-state index contributed by atoms with van der Waals surface area (Å²) in [6.07, 6.45) is -0.412. The van der Waals surface area contributed by atoms with E-state index in [2.05, 4.69) is 4.98 Å². The first kappa shape index (κ1) is 17.4.